The van der Waals surface area contributed by atoms with Crippen LogP contribution in [0.2, 0.25) is 0 Å². The Morgan fingerprint density at radius 2 is 1.65 bits per heavy atom. The number of allylic oxidation sites excluding steroid dienone is 2. The first-order chi connectivity index (χ1) is 12.1. The lowest BCUT2D eigenvalue weighted by molar-refractivity contribution is -0.274. The Labute approximate surface area is 152 Å². The molecule has 0 fully saturated rings. The summed E-state index contributed by atoms with van der Waals surface area (Å²) in [6, 6.07) is 13.7. The maximum absolute atomic E-state index is 12.2. The molecule has 0 aliphatic carbocycles. The first kappa shape index (κ1) is 19.6. The first-order valence-electron chi connectivity index (χ1n) is 8.14. The number of aryl methyl sites for hydroxylation is 1. The van der Waals surface area contributed by atoms with Crippen LogP contribution in [0, 0.1) is 6.92 Å². The Hall–Kier alpha value is -2.69. The van der Waals surface area contributed by atoms with E-state index in [1.54, 1.807) is 6.20 Å². The average Bonchev–Trinajstić information content (AvgIpc) is 2.55. The molecule has 0 amide bonds. The van der Waals surface area contributed by atoms with Crippen LogP contribution in [-0.4, -0.2) is 6.36 Å². The largest absolute Gasteiger partial charge is 0.573 e. The smallest absolute Gasteiger partial charge is 0.406 e. The van der Waals surface area contributed by atoms with Crippen LogP contribution < -0.4 is 10.1 Å². The molecule has 2 nitrogen and oxygen atoms in total. The van der Waals surface area contributed by atoms with Gasteiger partial charge >= 0.3 is 6.36 Å². The summed E-state index contributed by atoms with van der Waals surface area (Å²) in [5, 5.41) is 3.03. The molecule has 0 radical (unpaired) electrons. The highest BCUT2D eigenvalue weighted by Gasteiger charge is 2.31. The number of rotatable bonds is 6. The quantitative estimate of drug-likeness (QED) is 0.605. The van der Waals surface area contributed by atoms with Gasteiger partial charge in [0.25, 0.3) is 0 Å². The molecule has 0 saturated carbocycles. The number of anilines is 1. The Bertz CT molecular complexity index is 790. The third-order valence-corrected chi connectivity index (χ3v) is 4.24. The fraction of sp³-hybridized carbons (Fsp3) is 0.238. The maximum Gasteiger partial charge on any atom is 0.573 e. The van der Waals surface area contributed by atoms with Gasteiger partial charge in [0, 0.05) is 17.3 Å². The van der Waals surface area contributed by atoms with Crippen molar-refractivity contribution in [1.29, 1.82) is 0 Å². The molecule has 0 heterocycles. The molecular formula is C21H22F3NO. The van der Waals surface area contributed by atoms with Gasteiger partial charge < -0.3 is 10.1 Å². The van der Waals surface area contributed by atoms with Crippen molar-refractivity contribution in [1.82, 2.24) is 0 Å². The molecule has 26 heavy (non-hydrogen) atoms. The fourth-order valence-corrected chi connectivity index (χ4v) is 2.65. The maximum atomic E-state index is 12.2. The molecule has 0 unspecified atom stereocenters. The van der Waals surface area contributed by atoms with Crippen molar-refractivity contribution in [2.24, 2.45) is 0 Å². The number of halogens is 3. The molecule has 138 valence electrons. The van der Waals surface area contributed by atoms with Crippen molar-refractivity contribution in [3.63, 3.8) is 0 Å². The number of hydrogen-bond acceptors (Lipinski definition) is 2. The van der Waals surface area contributed by atoms with Crippen LogP contribution in [0.5, 0.6) is 5.75 Å². The van der Waals surface area contributed by atoms with Gasteiger partial charge in [0.2, 0.25) is 0 Å². The van der Waals surface area contributed by atoms with Gasteiger partial charge in [-0.3, -0.25) is 0 Å². The zero-order valence-electron chi connectivity index (χ0n) is 15.0. The van der Waals surface area contributed by atoms with Gasteiger partial charge in [0.1, 0.15) is 5.75 Å². The van der Waals surface area contributed by atoms with E-state index in [4.69, 9.17) is 0 Å². The molecule has 0 saturated heterocycles. The van der Waals surface area contributed by atoms with E-state index in [0.717, 1.165) is 5.57 Å². The molecule has 0 aliphatic heterocycles. The molecule has 2 aromatic carbocycles. The van der Waals surface area contributed by atoms with Gasteiger partial charge in [0.15, 0.2) is 0 Å². The van der Waals surface area contributed by atoms with Gasteiger partial charge in [-0.15, -0.1) is 13.2 Å². The summed E-state index contributed by atoms with van der Waals surface area (Å²) in [6.07, 6.45) is -1.09. The van der Waals surface area contributed by atoms with Crippen LogP contribution in [0.25, 0.3) is 0 Å². The lowest BCUT2D eigenvalue weighted by atomic mass is 9.76. The predicted octanol–water partition coefficient (Wildman–Crippen LogP) is 6.35. The summed E-state index contributed by atoms with van der Waals surface area (Å²) in [5.74, 6) is -0.253. The summed E-state index contributed by atoms with van der Waals surface area (Å²) in [5.41, 5.74) is 3.71. The highest BCUT2D eigenvalue weighted by atomic mass is 19.4. The fourth-order valence-electron chi connectivity index (χ4n) is 2.65. The number of benzene rings is 2. The minimum Gasteiger partial charge on any atom is -0.406 e. The Balaban J connectivity index is 2.01. The molecule has 2 aromatic rings. The molecular weight excluding hydrogens is 339 g/mol. The lowest BCUT2D eigenvalue weighted by Crippen LogP contribution is -2.20. The first-order valence-corrected chi connectivity index (χ1v) is 8.14. The van der Waals surface area contributed by atoms with Crippen molar-refractivity contribution < 1.29 is 17.9 Å². The van der Waals surface area contributed by atoms with Crippen LogP contribution in [0.15, 0.2) is 73.0 Å². The van der Waals surface area contributed by atoms with E-state index in [2.05, 4.69) is 49.5 Å². The van der Waals surface area contributed by atoms with E-state index in [9.17, 15) is 13.2 Å². The molecule has 2 rings (SSSR count). The van der Waals surface area contributed by atoms with Crippen LogP contribution in [-0.2, 0) is 5.41 Å². The number of ether oxygens (including phenoxy) is 1. The van der Waals surface area contributed by atoms with E-state index < -0.39 is 6.36 Å². The molecule has 0 atom stereocenters. The van der Waals surface area contributed by atoms with Crippen LogP contribution in [0.4, 0.5) is 18.9 Å². The molecule has 1 N–H and O–H groups in total. The van der Waals surface area contributed by atoms with E-state index in [-0.39, 0.29) is 11.2 Å². The second-order valence-corrected chi connectivity index (χ2v) is 6.52. The summed E-state index contributed by atoms with van der Waals surface area (Å²) < 4.78 is 40.3. The van der Waals surface area contributed by atoms with E-state index in [1.807, 2.05) is 18.2 Å². The third-order valence-electron chi connectivity index (χ3n) is 4.24. The molecule has 0 spiro atoms. The Morgan fingerprint density at radius 1 is 1.04 bits per heavy atom. The zero-order valence-corrected chi connectivity index (χ0v) is 15.0. The summed E-state index contributed by atoms with van der Waals surface area (Å²) in [7, 11) is 0. The molecule has 5 heteroatoms. The standard InChI is InChI=1S/C21H22F3NO/c1-15-7-5-6-8-19(15)20(3,4)16(2)13-14-25-17-9-11-18(12-10-17)26-21(22,23)24/h5-14,25H,2H2,1,3-4H3. The second kappa shape index (κ2) is 7.68. The highest BCUT2D eigenvalue weighted by molar-refractivity contribution is 5.50. The average molecular weight is 361 g/mol. The van der Waals surface area contributed by atoms with Crippen molar-refractivity contribution >= 4 is 5.69 Å². The van der Waals surface area contributed by atoms with Crippen molar-refractivity contribution in [2.45, 2.75) is 32.5 Å². The normalized spacial score (nSPS) is 12.2. The SMILES string of the molecule is C=C(C=CNc1ccc(OC(F)(F)F)cc1)C(C)(C)c1ccccc1C. The van der Waals surface area contributed by atoms with Gasteiger partial charge in [0.05, 0.1) is 0 Å². The zero-order chi connectivity index (χ0) is 19.4. The van der Waals surface area contributed by atoms with Crippen molar-refractivity contribution in [2.75, 3.05) is 5.32 Å². The molecule has 0 aromatic heterocycles. The monoisotopic (exact) mass is 361 g/mol. The van der Waals surface area contributed by atoms with Crippen LogP contribution in [0.3, 0.4) is 0 Å². The number of nitrogens with one attached hydrogen (secondary N) is 1. The van der Waals surface area contributed by atoms with Crippen molar-refractivity contribution in [3.05, 3.63) is 84.1 Å². The summed E-state index contributed by atoms with van der Waals surface area (Å²) >= 11 is 0. The van der Waals surface area contributed by atoms with Gasteiger partial charge in [-0.2, -0.15) is 0 Å². The molecule has 0 bridgehead atoms. The third kappa shape index (κ3) is 5.15. The lowest BCUT2D eigenvalue weighted by Gasteiger charge is -2.28. The minimum absolute atomic E-state index is 0.242. The second-order valence-electron chi connectivity index (χ2n) is 6.52. The van der Waals surface area contributed by atoms with E-state index >= 15 is 0 Å². The highest BCUT2D eigenvalue weighted by Crippen LogP contribution is 2.33. The summed E-state index contributed by atoms with van der Waals surface area (Å²) in [4.78, 5) is 0. The van der Waals surface area contributed by atoms with Crippen LogP contribution >= 0.6 is 0 Å². The van der Waals surface area contributed by atoms with E-state index in [0.29, 0.717) is 5.69 Å². The predicted molar refractivity (Wildman–Crippen MR) is 99.2 cm³/mol. The topological polar surface area (TPSA) is 21.3 Å². The van der Waals surface area contributed by atoms with Gasteiger partial charge in [-0.05, 0) is 54.0 Å². The van der Waals surface area contributed by atoms with Crippen LogP contribution in [0.1, 0.15) is 25.0 Å². The Kier molecular flexibility index (Phi) is 5.80. The minimum atomic E-state index is -4.69. The number of alkyl halides is 3. The number of hydrogen-bond donors (Lipinski definition) is 1. The van der Waals surface area contributed by atoms with Gasteiger partial charge in [-0.25, -0.2) is 0 Å². The van der Waals surface area contributed by atoms with Crippen molar-refractivity contribution in [3.8, 4) is 5.75 Å². The van der Waals surface area contributed by atoms with Gasteiger partial charge in [-0.1, -0.05) is 44.7 Å². The Morgan fingerprint density at radius 3 is 2.23 bits per heavy atom. The molecule has 0 aliphatic rings. The summed E-state index contributed by atoms with van der Waals surface area (Å²) in [6.45, 7) is 10.4. The van der Waals surface area contributed by atoms with E-state index in [1.165, 1.54) is 35.4 Å².